The fraction of sp³-hybridized carbons (Fsp3) is 0. The average molecular weight is 200 g/mol. The predicted octanol–water partition coefficient (Wildman–Crippen LogP) is 2.37. The minimum Gasteiger partial charge on any atom is -0.266 e. The minimum atomic E-state index is 0.421. The van der Waals surface area contributed by atoms with E-state index in [1.54, 1.807) is 30.3 Å². The van der Waals surface area contributed by atoms with E-state index >= 15 is 0 Å². The molecule has 0 aliphatic carbocycles. The van der Waals surface area contributed by atoms with Crippen LogP contribution in [0.1, 0.15) is 11.4 Å². The molecule has 5 heteroatoms. The van der Waals surface area contributed by atoms with Gasteiger partial charge in [0.25, 0.3) is 0 Å². The molecule has 1 aromatic heterocycles. The number of benzene rings is 1. The number of nitroso groups, excluding NO2 is 1. The van der Waals surface area contributed by atoms with E-state index in [1.807, 2.05) is 6.08 Å². The molecule has 1 aromatic carbocycles. The first-order chi connectivity index (χ1) is 7.38. The molecule has 0 fully saturated rings. The highest BCUT2D eigenvalue weighted by atomic mass is 16.3. The van der Waals surface area contributed by atoms with Crippen LogP contribution in [0, 0.1) is 4.91 Å². The van der Waals surface area contributed by atoms with Crippen LogP contribution in [-0.2, 0) is 0 Å². The Labute approximate surface area is 85.8 Å². The van der Waals surface area contributed by atoms with Crippen LogP contribution in [0.2, 0.25) is 0 Å². The molecular weight excluding hydrogens is 192 g/mol. The zero-order valence-corrected chi connectivity index (χ0v) is 7.79. The largest absolute Gasteiger partial charge is 0.266 e. The Balaban J connectivity index is 2.14. The molecule has 0 aliphatic rings. The van der Waals surface area contributed by atoms with Crippen LogP contribution in [0.25, 0.3) is 12.2 Å². The second kappa shape index (κ2) is 4.28. The summed E-state index contributed by atoms with van der Waals surface area (Å²) in [5.41, 5.74) is 1.39. The second-order valence-corrected chi connectivity index (χ2v) is 2.87. The number of nitrogens with zero attached hydrogens (tertiary/aromatic N) is 3. The van der Waals surface area contributed by atoms with E-state index in [0.717, 1.165) is 5.56 Å². The third kappa shape index (κ3) is 2.34. The van der Waals surface area contributed by atoms with Gasteiger partial charge in [-0.15, -0.1) is 4.91 Å². The summed E-state index contributed by atoms with van der Waals surface area (Å²) in [6.07, 6.45) is 5.15. The number of rotatable bonds is 3. The van der Waals surface area contributed by atoms with Crippen molar-refractivity contribution in [3.63, 3.8) is 0 Å². The van der Waals surface area contributed by atoms with Gasteiger partial charge in [-0.25, -0.2) is 4.98 Å². The molecule has 5 nitrogen and oxygen atoms in total. The molecule has 2 rings (SSSR count). The van der Waals surface area contributed by atoms with Gasteiger partial charge in [-0.3, -0.25) is 5.10 Å². The SMILES string of the molecule is O=Nc1ccc(/C=C/c2nc[nH]n2)cc1. The molecule has 0 saturated heterocycles. The molecule has 0 bridgehead atoms. The maximum Gasteiger partial charge on any atom is 0.173 e. The summed E-state index contributed by atoms with van der Waals surface area (Å²) in [7, 11) is 0. The van der Waals surface area contributed by atoms with Crippen LogP contribution < -0.4 is 0 Å². The van der Waals surface area contributed by atoms with Gasteiger partial charge in [0.05, 0.1) is 0 Å². The summed E-state index contributed by atoms with van der Waals surface area (Å²) in [4.78, 5) is 14.1. The molecule has 0 amide bonds. The van der Waals surface area contributed by atoms with Crippen LogP contribution in [0.5, 0.6) is 0 Å². The topological polar surface area (TPSA) is 71.0 Å². The van der Waals surface area contributed by atoms with Crippen LogP contribution in [-0.4, -0.2) is 15.2 Å². The normalized spacial score (nSPS) is 10.7. The standard InChI is InChI=1S/C10H8N4O/c15-14-9-4-1-8(2-5-9)3-6-10-11-7-12-13-10/h1-7H,(H,11,12,13)/b6-3+. The van der Waals surface area contributed by atoms with Gasteiger partial charge in [0.1, 0.15) is 12.0 Å². The number of H-pyrrole nitrogens is 1. The monoisotopic (exact) mass is 200 g/mol. The minimum absolute atomic E-state index is 0.421. The summed E-state index contributed by atoms with van der Waals surface area (Å²) in [5, 5.41) is 9.31. The van der Waals surface area contributed by atoms with Gasteiger partial charge in [-0.05, 0) is 28.9 Å². The fourth-order valence-corrected chi connectivity index (χ4v) is 1.12. The third-order valence-electron chi connectivity index (χ3n) is 1.86. The molecule has 0 saturated carbocycles. The third-order valence-corrected chi connectivity index (χ3v) is 1.86. The lowest BCUT2D eigenvalue weighted by Gasteiger charge is -1.91. The maximum atomic E-state index is 10.2. The van der Waals surface area contributed by atoms with Crippen LogP contribution in [0.15, 0.2) is 35.8 Å². The van der Waals surface area contributed by atoms with Gasteiger partial charge in [0, 0.05) is 0 Å². The van der Waals surface area contributed by atoms with Crippen molar-refractivity contribution in [2.75, 3.05) is 0 Å². The Bertz CT molecular complexity index is 459. The first-order valence-electron chi connectivity index (χ1n) is 4.36. The van der Waals surface area contributed by atoms with Crippen molar-refractivity contribution in [3.05, 3.63) is 46.9 Å². The lowest BCUT2D eigenvalue weighted by molar-refractivity contribution is 1.08. The van der Waals surface area contributed by atoms with E-state index in [1.165, 1.54) is 6.33 Å². The molecule has 1 heterocycles. The number of nitrogens with one attached hydrogen (secondary N) is 1. The molecule has 1 N–H and O–H groups in total. The molecule has 0 atom stereocenters. The van der Waals surface area contributed by atoms with Gasteiger partial charge in [0.15, 0.2) is 5.82 Å². The lowest BCUT2D eigenvalue weighted by Crippen LogP contribution is -1.75. The summed E-state index contributed by atoms with van der Waals surface area (Å²) >= 11 is 0. The second-order valence-electron chi connectivity index (χ2n) is 2.87. The quantitative estimate of drug-likeness (QED) is 0.773. The van der Waals surface area contributed by atoms with Crippen molar-refractivity contribution < 1.29 is 0 Å². The summed E-state index contributed by atoms with van der Waals surface area (Å²) in [6, 6.07) is 6.93. The highest BCUT2D eigenvalue weighted by molar-refractivity contribution is 5.67. The van der Waals surface area contributed by atoms with Crippen molar-refractivity contribution in [1.82, 2.24) is 15.2 Å². The molecular formula is C10H8N4O. The van der Waals surface area contributed by atoms with Crippen molar-refractivity contribution in [1.29, 1.82) is 0 Å². The Morgan fingerprint density at radius 3 is 2.60 bits per heavy atom. The van der Waals surface area contributed by atoms with Gasteiger partial charge < -0.3 is 0 Å². The van der Waals surface area contributed by atoms with Crippen LogP contribution in [0.3, 0.4) is 0 Å². The smallest absolute Gasteiger partial charge is 0.173 e. The van der Waals surface area contributed by atoms with E-state index in [0.29, 0.717) is 11.5 Å². The Hall–Kier alpha value is -2.30. The van der Waals surface area contributed by atoms with Gasteiger partial charge >= 0.3 is 0 Å². The highest BCUT2D eigenvalue weighted by Gasteiger charge is 1.92. The van der Waals surface area contributed by atoms with E-state index in [4.69, 9.17) is 0 Å². The lowest BCUT2D eigenvalue weighted by atomic mass is 10.2. The summed E-state index contributed by atoms with van der Waals surface area (Å²) in [6.45, 7) is 0. The fourth-order valence-electron chi connectivity index (χ4n) is 1.12. The first kappa shape index (κ1) is 9.26. The van der Waals surface area contributed by atoms with E-state index in [2.05, 4.69) is 20.4 Å². The van der Waals surface area contributed by atoms with Gasteiger partial charge in [0.2, 0.25) is 0 Å². The van der Waals surface area contributed by atoms with Gasteiger partial charge in [-0.1, -0.05) is 18.2 Å². The number of aromatic amines is 1. The average Bonchev–Trinajstić information content (AvgIpc) is 2.80. The molecule has 74 valence electrons. The molecule has 0 unspecified atom stereocenters. The molecule has 0 aliphatic heterocycles. The van der Waals surface area contributed by atoms with E-state index in [-0.39, 0.29) is 0 Å². The van der Waals surface area contributed by atoms with Crippen molar-refractivity contribution in [2.45, 2.75) is 0 Å². The molecule has 2 aromatic rings. The van der Waals surface area contributed by atoms with E-state index < -0.39 is 0 Å². The zero-order chi connectivity index (χ0) is 10.5. The number of hydrogen-bond donors (Lipinski definition) is 1. The molecule has 15 heavy (non-hydrogen) atoms. The highest BCUT2D eigenvalue weighted by Crippen LogP contribution is 2.13. The maximum absolute atomic E-state index is 10.2. The van der Waals surface area contributed by atoms with Gasteiger partial charge in [-0.2, -0.15) is 5.10 Å². The van der Waals surface area contributed by atoms with Crippen LogP contribution >= 0.6 is 0 Å². The van der Waals surface area contributed by atoms with Crippen molar-refractivity contribution in [2.24, 2.45) is 5.18 Å². The van der Waals surface area contributed by atoms with Crippen molar-refractivity contribution in [3.8, 4) is 0 Å². The Morgan fingerprint density at radius 2 is 2.00 bits per heavy atom. The first-order valence-corrected chi connectivity index (χ1v) is 4.36. The Morgan fingerprint density at radius 1 is 1.20 bits per heavy atom. The molecule has 0 spiro atoms. The summed E-state index contributed by atoms with van der Waals surface area (Å²) in [5.74, 6) is 0.618. The van der Waals surface area contributed by atoms with E-state index in [9.17, 15) is 4.91 Å². The number of hydrogen-bond acceptors (Lipinski definition) is 4. The summed E-state index contributed by atoms with van der Waals surface area (Å²) < 4.78 is 0. The molecule has 0 radical (unpaired) electrons. The Kier molecular flexibility index (Phi) is 2.64. The van der Waals surface area contributed by atoms with Crippen molar-refractivity contribution >= 4 is 17.8 Å². The zero-order valence-electron chi connectivity index (χ0n) is 7.79. The predicted molar refractivity (Wildman–Crippen MR) is 57.2 cm³/mol. The number of aromatic nitrogens is 3. The van der Waals surface area contributed by atoms with Crippen LogP contribution in [0.4, 0.5) is 5.69 Å².